The molecule has 2 aromatic rings. The monoisotopic (exact) mass is 248 g/mol. The Hall–Kier alpha value is -1.61. The zero-order chi connectivity index (χ0) is 12.4. The first-order valence-corrected chi connectivity index (χ1v) is 5.62. The van der Waals surface area contributed by atoms with E-state index in [1.807, 2.05) is 26.0 Å². The van der Waals surface area contributed by atoms with Crippen LogP contribution in [-0.4, -0.2) is 17.1 Å². The van der Waals surface area contributed by atoms with Crippen molar-refractivity contribution >= 4 is 11.6 Å². The molecule has 0 aliphatic carbocycles. The molecule has 3 nitrogen and oxygen atoms in total. The van der Waals surface area contributed by atoms with Gasteiger partial charge in [-0.3, -0.25) is 0 Å². The molecule has 0 saturated heterocycles. The van der Waals surface area contributed by atoms with Crippen LogP contribution in [0.2, 0.25) is 5.15 Å². The zero-order valence-electron chi connectivity index (χ0n) is 9.99. The van der Waals surface area contributed by atoms with Gasteiger partial charge in [0.15, 0.2) is 0 Å². The van der Waals surface area contributed by atoms with Gasteiger partial charge in [-0.05, 0) is 42.7 Å². The summed E-state index contributed by atoms with van der Waals surface area (Å²) >= 11 is 6.07. The van der Waals surface area contributed by atoms with Crippen LogP contribution in [0.3, 0.4) is 0 Å². The van der Waals surface area contributed by atoms with Gasteiger partial charge in [-0.15, -0.1) is 0 Å². The molecule has 17 heavy (non-hydrogen) atoms. The first kappa shape index (κ1) is 11.9. The van der Waals surface area contributed by atoms with Gasteiger partial charge in [0.05, 0.1) is 7.11 Å². The molecule has 1 heterocycles. The quantitative estimate of drug-likeness (QED) is 0.764. The fourth-order valence-corrected chi connectivity index (χ4v) is 1.99. The van der Waals surface area contributed by atoms with E-state index < -0.39 is 0 Å². The third-order valence-electron chi connectivity index (χ3n) is 2.70. The van der Waals surface area contributed by atoms with Crippen molar-refractivity contribution in [3.8, 4) is 16.9 Å². The summed E-state index contributed by atoms with van der Waals surface area (Å²) in [6, 6.07) is 4.03. The summed E-state index contributed by atoms with van der Waals surface area (Å²) in [5, 5.41) is 0.465. The number of ether oxygens (including phenoxy) is 1. The lowest BCUT2D eigenvalue weighted by Gasteiger charge is -2.11. The van der Waals surface area contributed by atoms with Crippen molar-refractivity contribution in [1.82, 2.24) is 9.97 Å². The van der Waals surface area contributed by atoms with Crippen molar-refractivity contribution in [1.29, 1.82) is 0 Å². The lowest BCUT2D eigenvalue weighted by Crippen LogP contribution is -1.93. The number of aromatic nitrogens is 2. The topological polar surface area (TPSA) is 35.0 Å². The molecule has 0 N–H and O–H groups in total. The number of halogens is 1. The van der Waals surface area contributed by atoms with Gasteiger partial charge in [0.25, 0.3) is 0 Å². The van der Waals surface area contributed by atoms with E-state index >= 15 is 0 Å². The second kappa shape index (κ2) is 4.72. The summed E-state index contributed by atoms with van der Waals surface area (Å²) in [6.07, 6.45) is 3.17. The largest absolute Gasteiger partial charge is 0.496 e. The van der Waals surface area contributed by atoms with E-state index in [-0.39, 0.29) is 0 Å². The van der Waals surface area contributed by atoms with Crippen LogP contribution in [0, 0.1) is 13.8 Å². The summed E-state index contributed by atoms with van der Waals surface area (Å²) in [6.45, 7) is 4.01. The van der Waals surface area contributed by atoms with Crippen LogP contribution in [-0.2, 0) is 0 Å². The Balaban J connectivity index is 2.61. The SMILES string of the molecule is COc1cc(C)c(-c2cncnc2Cl)cc1C. The molecule has 1 aromatic carbocycles. The maximum atomic E-state index is 6.07. The van der Waals surface area contributed by atoms with Crippen LogP contribution in [0.25, 0.3) is 11.1 Å². The second-order valence-corrected chi connectivity index (χ2v) is 4.22. The highest BCUT2D eigenvalue weighted by Crippen LogP contribution is 2.32. The Bertz CT molecular complexity index is 555. The Labute approximate surface area is 105 Å². The van der Waals surface area contributed by atoms with Crippen LogP contribution in [0.15, 0.2) is 24.7 Å². The predicted molar refractivity (Wildman–Crippen MR) is 68.5 cm³/mol. The van der Waals surface area contributed by atoms with Gasteiger partial charge in [-0.25, -0.2) is 9.97 Å². The average Bonchev–Trinajstić information content (AvgIpc) is 2.32. The normalized spacial score (nSPS) is 10.4. The Kier molecular flexibility index (Phi) is 3.29. The zero-order valence-corrected chi connectivity index (χ0v) is 10.7. The van der Waals surface area contributed by atoms with Crippen molar-refractivity contribution in [3.63, 3.8) is 0 Å². The summed E-state index contributed by atoms with van der Waals surface area (Å²) in [5.41, 5.74) is 4.03. The highest BCUT2D eigenvalue weighted by Gasteiger charge is 2.10. The van der Waals surface area contributed by atoms with Crippen LogP contribution in [0.4, 0.5) is 0 Å². The van der Waals surface area contributed by atoms with Crippen LogP contribution < -0.4 is 4.74 Å². The summed E-state index contributed by atoms with van der Waals surface area (Å²) < 4.78 is 5.28. The van der Waals surface area contributed by atoms with Crippen molar-refractivity contribution in [3.05, 3.63) is 40.9 Å². The van der Waals surface area contributed by atoms with E-state index in [0.29, 0.717) is 5.15 Å². The van der Waals surface area contributed by atoms with E-state index in [0.717, 1.165) is 28.0 Å². The fraction of sp³-hybridized carbons (Fsp3) is 0.231. The molecule has 0 saturated carbocycles. The lowest BCUT2D eigenvalue weighted by atomic mass is 10.00. The first-order chi connectivity index (χ1) is 8.13. The highest BCUT2D eigenvalue weighted by molar-refractivity contribution is 6.32. The van der Waals surface area contributed by atoms with E-state index in [2.05, 4.69) is 9.97 Å². The van der Waals surface area contributed by atoms with Gasteiger partial charge in [0.1, 0.15) is 17.2 Å². The van der Waals surface area contributed by atoms with Crippen molar-refractivity contribution in [2.45, 2.75) is 13.8 Å². The minimum atomic E-state index is 0.465. The molecule has 0 atom stereocenters. The van der Waals surface area contributed by atoms with E-state index in [1.54, 1.807) is 13.3 Å². The molecule has 0 aliphatic heterocycles. The first-order valence-electron chi connectivity index (χ1n) is 5.24. The maximum Gasteiger partial charge on any atom is 0.140 e. The molecule has 0 unspecified atom stereocenters. The Morgan fingerprint density at radius 1 is 1.12 bits per heavy atom. The standard InChI is InChI=1S/C13H13ClN2O/c1-8-5-12(17-3)9(2)4-10(8)11-6-15-7-16-13(11)14/h4-7H,1-3H3. The van der Waals surface area contributed by atoms with E-state index in [4.69, 9.17) is 16.3 Å². The molecule has 88 valence electrons. The number of hydrogen-bond donors (Lipinski definition) is 0. The molecular formula is C13H13ClN2O. The molecule has 0 aliphatic rings. The number of aryl methyl sites for hydroxylation is 2. The van der Waals surface area contributed by atoms with E-state index in [9.17, 15) is 0 Å². The van der Waals surface area contributed by atoms with E-state index in [1.165, 1.54) is 6.33 Å². The predicted octanol–water partition coefficient (Wildman–Crippen LogP) is 3.42. The smallest absolute Gasteiger partial charge is 0.140 e. The number of rotatable bonds is 2. The molecule has 0 spiro atoms. The fourth-order valence-electron chi connectivity index (χ4n) is 1.80. The minimum Gasteiger partial charge on any atom is -0.496 e. The number of nitrogens with zero attached hydrogens (tertiary/aromatic N) is 2. The van der Waals surface area contributed by atoms with Crippen molar-refractivity contribution in [2.24, 2.45) is 0 Å². The van der Waals surface area contributed by atoms with Gasteiger partial charge < -0.3 is 4.74 Å². The van der Waals surface area contributed by atoms with Crippen LogP contribution in [0.5, 0.6) is 5.75 Å². The van der Waals surface area contributed by atoms with Crippen molar-refractivity contribution in [2.75, 3.05) is 7.11 Å². The Morgan fingerprint density at radius 2 is 1.88 bits per heavy atom. The molecule has 1 aromatic heterocycles. The molecule has 0 amide bonds. The van der Waals surface area contributed by atoms with Gasteiger partial charge in [-0.1, -0.05) is 11.6 Å². The number of benzene rings is 1. The lowest BCUT2D eigenvalue weighted by molar-refractivity contribution is 0.411. The van der Waals surface area contributed by atoms with Crippen LogP contribution in [0.1, 0.15) is 11.1 Å². The molecule has 0 fully saturated rings. The highest BCUT2D eigenvalue weighted by atomic mass is 35.5. The van der Waals surface area contributed by atoms with Gasteiger partial charge in [-0.2, -0.15) is 0 Å². The second-order valence-electron chi connectivity index (χ2n) is 3.86. The molecule has 4 heteroatoms. The average molecular weight is 249 g/mol. The molecular weight excluding hydrogens is 236 g/mol. The van der Waals surface area contributed by atoms with Crippen LogP contribution >= 0.6 is 11.6 Å². The molecule has 0 radical (unpaired) electrons. The molecule has 0 bridgehead atoms. The third-order valence-corrected chi connectivity index (χ3v) is 3.00. The number of hydrogen-bond acceptors (Lipinski definition) is 3. The summed E-state index contributed by atoms with van der Waals surface area (Å²) in [4.78, 5) is 8.00. The summed E-state index contributed by atoms with van der Waals surface area (Å²) in [5.74, 6) is 0.874. The maximum absolute atomic E-state index is 6.07. The summed E-state index contributed by atoms with van der Waals surface area (Å²) in [7, 11) is 1.67. The Morgan fingerprint density at radius 3 is 2.53 bits per heavy atom. The minimum absolute atomic E-state index is 0.465. The molecule has 2 rings (SSSR count). The van der Waals surface area contributed by atoms with Gasteiger partial charge >= 0.3 is 0 Å². The van der Waals surface area contributed by atoms with Gasteiger partial charge in [0, 0.05) is 11.8 Å². The van der Waals surface area contributed by atoms with Crippen molar-refractivity contribution < 1.29 is 4.74 Å². The number of methoxy groups -OCH3 is 1. The third kappa shape index (κ3) is 2.24. The van der Waals surface area contributed by atoms with Gasteiger partial charge in [0.2, 0.25) is 0 Å².